The molecular formula is C82H60BClN4O4. The number of nitrogens with zero attached hydrogens (tertiary/aromatic N) is 4. The van der Waals surface area contributed by atoms with Gasteiger partial charge in [-0.1, -0.05) is 248 Å². The summed E-state index contributed by atoms with van der Waals surface area (Å²) in [7, 11) is -0.343. The highest BCUT2D eigenvalue weighted by molar-refractivity contribution is 6.62. The average Bonchev–Trinajstić information content (AvgIpc) is 1.42. The first kappa shape index (κ1) is 57.6. The van der Waals surface area contributed by atoms with E-state index in [1.807, 2.05) is 146 Å². The van der Waals surface area contributed by atoms with E-state index in [1.165, 1.54) is 11.1 Å². The Morgan fingerprint density at radius 2 is 0.641 bits per heavy atom. The smallest absolute Gasteiger partial charge is 0.456 e. The van der Waals surface area contributed by atoms with Crippen molar-refractivity contribution in [1.29, 1.82) is 0 Å². The summed E-state index contributed by atoms with van der Waals surface area (Å²) < 4.78 is 24.5. The van der Waals surface area contributed by atoms with E-state index < -0.39 is 0 Å². The van der Waals surface area contributed by atoms with Gasteiger partial charge in [-0.3, -0.25) is 0 Å². The van der Waals surface area contributed by atoms with Crippen LogP contribution in [0.1, 0.15) is 27.7 Å². The fourth-order valence-electron chi connectivity index (χ4n) is 12.1. The highest BCUT2D eigenvalue weighted by Gasteiger charge is 2.51. The molecule has 16 aromatic rings. The van der Waals surface area contributed by atoms with E-state index in [0.717, 1.165) is 139 Å². The fourth-order valence-corrected chi connectivity index (χ4v) is 12.3. The van der Waals surface area contributed by atoms with E-state index in [-0.39, 0.29) is 18.3 Å². The normalized spacial score (nSPS) is 13.3. The molecule has 0 spiro atoms. The topological polar surface area (TPSA) is 96.3 Å². The first-order valence-electron chi connectivity index (χ1n) is 30.9. The quantitative estimate of drug-likeness (QED) is 0.139. The standard InChI is InChI=1S/C38H24N2O.C24H23BO3.C20H13ClN2/c1-3-10-27(11-4-1)37-38(28-12-5-2-6-13-28)40-33-24-29(22-23-32(33)39-37)25-18-20-26(21-19-25)30-15-9-17-35-36(30)31-14-7-8-16-34(31)41-35;1-23(2)24(3,4)28-25(27-23)17-14-12-16(13-15-17)18-9-7-11-21-22(18)19-8-5-6-10-20(19)26-21;21-16-11-12-17-18(13-16)23-20(15-9-5-2-6-10-15)19(22-17)14-7-3-1-4-8-14/h1-24H;5-15H,1-4H3;1-13H. The van der Waals surface area contributed by atoms with Gasteiger partial charge in [-0.25, -0.2) is 19.9 Å². The number of furan rings is 2. The van der Waals surface area contributed by atoms with Crippen molar-refractivity contribution in [2.45, 2.75) is 38.9 Å². The second-order valence-electron chi connectivity index (χ2n) is 24.0. The number of benzene rings is 12. The maximum Gasteiger partial charge on any atom is 0.494 e. The van der Waals surface area contributed by atoms with Gasteiger partial charge in [0.05, 0.1) is 56.0 Å². The van der Waals surface area contributed by atoms with Crippen molar-refractivity contribution in [1.82, 2.24) is 19.9 Å². The van der Waals surface area contributed by atoms with Crippen LogP contribution in [0.3, 0.4) is 0 Å². The van der Waals surface area contributed by atoms with Crippen LogP contribution in [-0.4, -0.2) is 38.3 Å². The first-order valence-corrected chi connectivity index (χ1v) is 31.2. The van der Waals surface area contributed by atoms with Gasteiger partial charge < -0.3 is 18.1 Å². The lowest BCUT2D eigenvalue weighted by Crippen LogP contribution is -2.41. The predicted octanol–water partition coefficient (Wildman–Crippen LogP) is 21.4. The molecule has 1 fully saturated rings. The second kappa shape index (κ2) is 24.2. The van der Waals surface area contributed by atoms with E-state index in [2.05, 4.69) is 173 Å². The van der Waals surface area contributed by atoms with Crippen LogP contribution in [-0.2, 0) is 9.31 Å². The molecule has 0 bridgehead atoms. The molecule has 0 unspecified atom stereocenters. The molecule has 1 saturated heterocycles. The third-order valence-electron chi connectivity index (χ3n) is 17.6. The molecule has 12 aromatic carbocycles. The molecule has 4 aromatic heterocycles. The number of fused-ring (bicyclic) bond motifs is 8. The van der Waals surface area contributed by atoms with Crippen molar-refractivity contribution in [3.05, 3.63) is 296 Å². The summed E-state index contributed by atoms with van der Waals surface area (Å²) in [5, 5.41) is 5.25. The van der Waals surface area contributed by atoms with Crippen LogP contribution < -0.4 is 5.46 Å². The summed E-state index contributed by atoms with van der Waals surface area (Å²) in [6, 6.07) is 98.9. The van der Waals surface area contributed by atoms with Crippen molar-refractivity contribution in [2.75, 3.05) is 0 Å². The highest BCUT2D eigenvalue weighted by atomic mass is 35.5. The number of halogens is 1. The summed E-state index contributed by atoms with van der Waals surface area (Å²) in [5.41, 5.74) is 22.0. The van der Waals surface area contributed by atoms with E-state index in [1.54, 1.807) is 0 Å². The van der Waals surface area contributed by atoms with E-state index in [4.69, 9.17) is 49.7 Å². The number of rotatable bonds is 8. The van der Waals surface area contributed by atoms with Crippen LogP contribution in [0, 0.1) is 0 Å². The van der Waals surface area contributed by atoms with E-state index in [0.29, 0.717) is 5.02 Å². The molecule has 1 aliphatic heterocycles. The van der Waals surface area contributed by atoms with Gasteiger partial charge in [-0.05, 0) is 121 Å². The highest BCUT2D eigenvalue weighted by Crippen LogP contribution is 2.41. The summed E-state index contributed by atoms with van der Waals surface area (Å²) >= 11 is 6.11. The van der Waals surface area contributed by atoms with Crippen LogP contribution in [0.4, 0.5) is 0 Å². The van der Waals surface area contributed by atoms with Crippen LogP contribution in [0.2, 0.25) is 5.02 Å². The number of aromatic nitrogens is 4. The number of hydrogen-bond acceptors (Lipinski definition) is 8. The molecule has 0 radical (unpaired) electrons. The van der Waals surface area contributed by atoms with Gasteiger partial charge in [0.25, 0.3) is 0 Å². The van der Waals surface area contributed by atoms with E-state index in [9.17, 15) is 0 Å². The molecule has 92 heavy (non-hydrogen) atoms. The predicted molar refractivity (Wildman–Crippen MR) is 379 cm³/mol. The van der Waals surface area contributed by atoms with Gasteiger partial charge in [0.15, 0.2) is 0 Å². The molecule has 10 heteroatoms. The maximum absolute atomic E-state index is 6.17. The third-order valence-corrected chi connectivity index (χ3v) is 17.8. The van der Waals surface area contributed by atoms with Crippen LogP contribution in [0.5, 0.6) is 0 Å². The lowest BCUT2D eigenvalue weighted by molar-refractivity contribution is 0.00578. The molecule has 0 aliphatic carbocycles. The molecule has 0 N–H and O–H groups in total. The minimum absolute atomic E-state index is 0.336. The number of hydrogen-bond donors (Lipinski definition) is 0. The molecule has 0 saturated carbocycles. The molecule has 1 aliphatic rings. The third kappa shape index (κ3) is 11.2. The Bertz CT molecular complexity index is 5340. The molecule has 17 rings (SSSR count). The summed E-state index contributed by atoms with van der Waals surface area (Å²) in [5.74, 6) is 0. The Hall–Kier alpha value is -10.8. The first-order chi connectivity index (χ1) is 45.0. The SMILES string of the molecule is CC1(C)OB(c2ccc(-c3cccc4oc5ccccc5c34)cc2)OC1(C)C.Clc1ccc2nc(-c3ccccc3)c(-c3ccccc3)nc2c1.c1ccc(-c2nc3ccc(-c4ccc(-c5cccc6oc7ccccc7c56)cc4)cc3nc2-c2ccccc2)cc1. The van der Waals surface area contributed by atoms with Crippen LogP contribution >= 0.6 is 11.6 Å². The monoisotopic (exact) mass is 1210 g/mol. The Kier molecular flexibility index (Phi) is 15.2. The Morgan fingerprint density at radius 3 is 1.09 bits per heavy atom. The van der Waals surface area contributed by atoms with E-state index >= 15 is 0 Å². The van der Waals surface area contributed by atoms with Gasteiger partial charge in [0.1, 0.15) is 22.3 Å². The zero-order valence-corrected chi connectivity index (χ0v) is 51.8. The minimum Gasteiger partial charge on any atom is -0.456 e. The Balaban J connectivity index is 0.000000120. The zero-order valence-electron chi connectivity index (χ0n) is 51.1. The molecule has 8 nitrogen and oxygen atoms in total. The molecule has 0 atom stereocenters. The van der Waals surface area contributed by atoms with Gasteiger partial charge in [-0.15, -0.1) is 0 Å². The molecule has 5 heterocycles. The summed E-state index contributed by atoms with van der Waals surface area (Å²) in [6.45, 7) is 8.30. The Labute approximate surface area is 538 Å². The van der Waals surface area contributed by atoms with Crippen molar-refractivity contribution < 1.29 is 18.1 Å². The van der Waals surface area contributed by atoms with Crippen LogP contribution in [0.25, 0.3) is 144 Å². The molecule has 0 amide bonds. The maximum atomic E-state index is 6.17. The van der Waals surface area contributed by atoms with Crippen molar-refractivity contribution in [3.8, 4) is 78.4 Å². The zero-order chi connectivity index (χ0) is 62.3. The van der Waals surface area contributed by atoms with Crippen molar-refractivity contribution in [2.24, 2.45) is 0 Å². The Morgan fingerprint density at radius 1 is 0.293 bits per heavy atom. The largest absolute Gasteiger partial charge is 0.494 e. The van der Waals surface area contributed by atoms with Gasteiger partial charge >= 0.3 is 7.12 Å². The summed E-state index contributed by atoms with van der Waals surface area (Å²) in [6.07, 6.45) is 0. The van der Waals surface area contributed by atoms with Crippen molar-refractivity contribution >= 4 is 90.1 Å². The fraction of sp³-hybridized carbons (Fsp3) is 0.0732. The average molecular weight is 1210 g/mol. The van der Waals surface area contributed by atoms with Gasteiger partial charge in [0, 0.05) is 48.8 Å². The summed E-state index contributed by atoms with van der Waals surface area (Å²) in [4.78, 5) is 19.9. The molecule has 442 valence electrons. The molecular weight excluding hydrogens is 1150 g/mol. The second-order valence-corrected chi connectivity index (χ2v) is 24.4. The van der Waals surface area contributed by atoms with Crippen LogP contribution in [0.15, 0.2) is 300 Å². The lowest BCUT2D eigenvalue weighted by Gasteiger charge is -2.32. The van der Waals surface area contributed by atoms with Gasteiger partial charge in [-0.2, -0.15) is 0 Å². The lowest BCUT2D eigenvalue weighted by atomic mass is 9.78. The number of para-hydroxylation sites is 2. The minimum atomic E-state index is -0.343. The van der Waals surface area contributed by atoms with Gasteiger partial charge in [0.2, 0.25) is 0 Å². The van der Waals surface area contributed by atoms with Crippen molar-refractivity contribution in [3.63, 3.8) is 0 Å².